The lowest BCUT2D eigenvalue weighted by Crippen LogP contribution is -2.46. The number of aromatic hydroxyl groups is 2. The van der Waals surface area contributed by atoms with E-state index in [0.717, 1.165) is 24.1 Å². The van der Waals surface area contributed by atoms with Crippen LogP contribution in [-0.2, 0) is 12.8 Å². The first kappa shape index (κ1) is 22.2. The fraction of sp³-hybridized carbons (Fsp3) is 0.280. The first-order valence-electron chi connectivity index (χ1n) is 10.2. The number of hydrogen-bond donors (Lipinski definition) is 4. The van der Waals surface area contributed by atoms with Crippen LogP contribution < -0.4 is 5.32 Å². The number of halogens is 1. The summed E-state index contributed by atoms with van der Waals surface area (Å²) in [4.78, 5) is 0. The molecule has 0 fully saturated rings. The van der Waals surface area contributed by atoms with Gasteiger partial charge in [-0.2, -0.15) is 0 Å². The standard InChI is InChI=1S/C25H27NO3.ClH/c27-23-14-20-16-25(29)24(28)15-19(20)13-22(23)26-12-11-21(17-7-3-1-4-8-17)18-9-5-2-6-10-18;/h1-10,15-16,21-23,26-29H,11-14H2;1H/t22-,23-;/m0./s1. The number of phenolic OH excluding ortho intramolecular Hbond substituents is 2. The lowest BCUT2D eigenvalue weighted by molar-refractivity contribution is 0.119. The third-order valence-corrected chi connectivity index (χ3v) is 5.87. The number of nitrogens with one attached hydrogen (secondary N) is 1. The Morgan fingerprint density at radius 3 is 1.83 bits per heavy atom. The molecule has 5 heteroatoms. The molecule has 3 aromatic rings. The number of fused-ring (bicyclic) bond motifs is 1. The summed E-state index contributed by atoms with van der Waals surface area (Å²) in [5.74, 6) is 0.0574. The van der Waals surface area contributed by atoms with Gasteiger partial charge >= 0.3 is 0 Å². The number of rotatable bonds is 6. The molecule has 2 atom stereocenters. The zero-order valence-corrected chi connectivity index (χ0v) is 17.6. The van der Waals surface area contributed by atoms with Gasteiger partial charge in [-0.1, -0.05) is 60.7 Å². The maximum atomic E-state index is 10.6. The van der Waals surface area contributed by atoms with Crippen LogP contribution in [0.15, 0.2) is 72.8 Å². The maximum Gasteiger partial charge on any atom is 0.157 e. The molecule has 4 rings (SSSR count). The van der Waals surface area contributed by atoms with Gasteiger partial charge in [-0.25, -0.2) is 0 Å². The lowest BCUT2D eigenvalue weighted by Gasteiger charge is -2.31. The van der Waals surface area contributed by atoms with Gasteiger partial charge in [0.05, 0.1) is 6.10 Å². The predicted octanol–water partition coefficient (Wildman–Crippen LogP) is 4.16. The van der Waals surface area contributed by atoms with Crippen molar-refractivity contribution in [2.75, 3.05) is 6.54 Å². The lowest BCUT2D eigenvalue weighted by atomic mass is 9.85. The second-order valence-electron chi connectivity index (χ2n) is 7.81. The summed E-state index contributed by atoms with van der Waals surface area (Å²) >= 11 is 0. The maximum absolute atomic E-state index is 10.6. The van der Waals surface area contributed by atoms with Crippen molar-refractivity contribution < 1.29 is 15.3 Å². The summed E-state index contributed by atoms with van der Waals surface area (Å²) < 4.78 is 0. The van der Waals surface area contributed by atoms with Crippen LogP contribution in [0.25, 0.3) is 0 Å². The monoisotopic (exact) mass is 425 g/mol. The fourth-order valence-corrected chi connectivity index (χ4v) is 4.30. The van der Waals surface area contributed by atoms with Crippen molar-refractivity contribution in [3.8, 4) is 11.5 Å². The second-order valence-corrected chi connectivity index (χ2v) is 7.81. The van der Waals surface area contributed by atoms with Gasteiger partial charge in [0.15, 0.2) is 11.5 Å². The Kier molecular flexibility index (Phi) is 7.38. The predicted molar refractivity (Wildman–Crippen MR) is 122 cm³/mol. The molecular weight excluding hydrogens is 398 g/mol. The van der Waals surface area contributed by atoms with Crippen LogP contribution in [0.2, 0.25) is 0 Å². The van der Waals surface area contributed by atoms with E-state index in [0.29, 0.717) is 18.8 Å². The fourth-order valence-electron chi connectivity index (χ4n) is 4.30. The van der Waals surface area contributed by atoms with Crippen molar-refractivity contribution >= 4 is 12.4 Å². The van der Waals surface area contributed by atoms with E-state index in [-0.39, 0.29) is 29.9 Å². The summed E-state index contributed by atoms with van der Waals surface area (Å²) in [7, 11) is 0. The van der Waals surface area contributed by atoms with Gasteiger partial charge in [-0.3, -0.25) is 0 Å². The van der Waals surface area contributed by atoms with E-state index in [1.165, 1.54) is 11.1 Å². The SMILES string of the molecule is Cl.Oc1cc2c(cc1O)C[C@H](O)[C@@H](NCCC(c1ccccc1)c1ccccc1)C2. The molecule has 0 unspecified atom stereocenters. The molecule has 0 amide bonds. The molecule has 4 nitrogen and oxygen atoms in total. The summed E-state index contributed by atoms with van der Waals surface area (Å²) in [5.41, 5.74) is 4.45. The molecule has 0 radical (unpaired) electrons. The molecule has 30 heavy (non-hydrogen) atoms. The average Bonchev–Trinajstić information content (AvgIpc) is 2.74. The number of aliphatic hydroxyl groups excluding tert-OH is 1. The molecule has 158 valence electrons. The molecule has 0 aromatic heterocycles. The van der Waals surface area contributed by atoms with Crippen LogP contribution in [0.3, 0.4) is 0 Å². The Labute approximate surface area is 183 Å². The topological polar surface area (TPSA) is 72.7 Å². The van der Waals surface area contributed by atoms with Gasteiger partial charge in [-0.05, 0) is 53.8 Å². The van der Waals surface area contributed by atoms with Crippen LogP contribution in [0.5, 0.6) is 11.5 Å². The van der Waals surface area contributed by atoms with Crippen molar-refractivity contribution in [3.05, 3.63) is 95.1 Å². The van der Waals surface area contributed by atoms with Crippen LogP contribution in [0.4, 0.5) is 0 Å². The molecule has 4 N–H and O–H groups in total. The quantitative estimate of drug-likeness (QED) is 0.447. The Morgan fingerprint density at radius 2 is 1.30 bits per heavy atom. The minimum absolute atomic E-state index is 0. The number of phenols is 2. The number of benzene rings is 3. The molecule has 1 aliphatic carbocycles. The summed E-state index contributed by atoms with van der Waals surface area (Å²) in [6, 6.07) is 24.1. The molecule has 3 aromatic carbocycles. The molecule has 1 aliphatic rings. The molecule has 0 saturated heterocycles. The van der Waals surface area contributed by atoms with Gasteiger partial charge in [0.1, 0.15) is 0 Å². The van der Waals surface area contributed by atoms with E-state index in [4.69, 9.17) is 0 Å². The van der Waals surface area contributed by atoms with E-state index >= 15 is 0 Å². The van der Waals surface area contributed by atoms with E-state index < -0.39 is 6.10 Å². The minimum atomic E-state index is -0.515. The smallest absolute Gasteiger partial charge is 0.157 e. The van der Waals surface area contributed by atoms with Gasteiger partial charge in [0.2, 0.25) is 0 Å². The zero-order valence-electron chi connectivity index (χ0n) is 16.7. The van der Waals surface area contributed by atoms with Crippen molar-refractivity contribution in [1.29, 1.82) is 0 Å². The van der Waals surface area contributed by atoms with Gasteiger partial charge in [-0.15, -0.1) is 12.4 Å². The first-order chi connectivity index (χ1) is 14.1. The molecule has 0 bridgehead atoms. The van der Waals surface area contributed by atoms with Crippen LogP contribution in [0.1, 0.15) is 34.6 Å². The Balaban J connectivity index is 0.00000256. The highest BCUT2D eigenvalue weighted by atomic mass is 35.5. The van der Waals surface area contributed by atoms with Crippen LogP contribution in [-0.4, -0.2) is 34.0 Å². The first-order valence-corrected chi connectivity index (χ1v) is 10.2. The Hall–Kier alpha value is -2.53. The summed E-state index contributed by atoms with van der Waals surface area (Å²) in [6.45, 7) is 0.773. The van der Waals surface area contributed by atoms with E-state index in [1.807, 2.05) is 12.1 Å². The van der Waals surface area contributed by atoms with Crippen molar-refractivity contribution in [1.82, 2.24) is 5.32 Å². The second kappa shape index (κ2) is 9.98. The van der Waals surface area contributed by atoms with Crippen LogP contribution in [0, 0.1) is 0 Å². The molecule has 0 saturated carbocycles. The third kappa shape index (κ3) is 4.96. The Bertz CT molecular complexity index is 910. The summed E-state index contributed by atoms with van der Waals surface area (Å²) in [5, 5.41) is 33.6. The van der Waals surface area contributed by atoms with E-state index in [2.05, 4.69) is 53.8 Å². The molecule has 0 heterocycles. The zero-order chi connectivity index (χ0) is 20.2. The molecule has 0 aliphatic heterocycles. The number of aliphatic hydroxyl groups is 1. The molecule has 0 spiro atoms. The summed E-state index contributed by atoms with van der Waals surface area (Å²) in [6.07, 6.45) is 1.51. The van der Waals surface area contributed by atoms with Gasteiger partial charge < -0.3 is 20.6 Å². The van der Waals surface area contributed by atoms with Crippen LogP contribution >= 0.6 is 12.4 Å². The van der Waals surface area contributed by atoms with E-state index in [1.54, 1.807) is 12.1 Å². The highest BCUT2D eigenvalue weighted by Crippen LogP contribution is 2.33. The minimum Gasteiger partial charge on any atom is -0.504 e. The van der Waals surface area contributed by atoms with Gasteiger partial charge in [0, 0.05) is 18.4 Å². The molecular formula is C25H28ClNO3. The highest BCUT2D eigenvalue weighted by molar-refractivity contribution is 5.85. The largest absolute Gasteiger partial charge is 0.504 e. The van der Waals surface area contributed by atoms with E-state index in [9.17, 15) is 15.3 Å². The third-order valence-electron chi connectivity index (χ3n) is 5.87. The Morgan fingerprint density at radius 1 is 0.800 bits per heavy atom. The van der Waals surface area contributed by atoms with Gasteiger partial charge in [0.25, 0.3) is 0 Å². The normalized spacial score (nSPS) is 17.9. The van der Waals surface area contributed by atoms with Crippen molar-refractivity contribution in [3.63, 3.8) is 0 Å². The van der Waals surface area contributed by atoms with Crippen molar-refractivity contribution in [2.45, 2.75) is 37.3 Å². The average molecular weight is 426 g/mol. The highest BCUT2D eigenvalue weighted by Gasteiger charge is 2.28. The van der Waals surface area contributed by atoms with Crippen molar-refractivity contribution in [2.24, 2.45) is 0 Å². The number of hydrogen-bond acceptors (Lipinski definition) is 4.